The van der Waals surface area contributed by atoms with E-state index in [1.807, 2.05) is 6.20 Å². The predicted molar refractivity (Wildman–Crippen MR) is 86.2 cm³/mol. The van der Waals surface area contributed by atoms with Crippen LogP contribution in [-0.4, -0.2) is 4.98 Å². The number of anilines is 1. The second-order valence-corrected chi connectivity index (χ2v) is 5.17. The lowest BCUT2D eigenvalue weighted by Gasteiger charge is -2.14. The molecule has 0 aliphatic heterocycles. The van der Waals surface area contributed by atoms with E-state index in [0.717, 1.165) is 13.0 Å². The third-order valence-corrected chi connectivity index (χ3v) is 3.88. The number of aromatic amines is 1. The first-order chi connectivity index (χ1) is 9.79. The number of hydrogen-bond donors (Lipinski definition) is 2. The van der Waals surface area contributed by atoms with Gasteiger partial charge in [0.05, 0.1) is 0 Å². The molecule has 0 aliphatic carbocycles. The molecule has 0 saturated carbocycles. The minimum atomic E-state index is 0.854. The number of nitrogens with one attached hydrogen (secondary N) is 2. The van der Waals surface area contributed by atoms with E-state index in [1.165, 1.54) is 33.3 Å². The van der Waals surface area contributed by atoms with Crippen molar-refractivity contribution in [1.29, 1.82) is 0 Å². The Bertz CT molecular complexity index is 725. The average molecular weight is 264 g/mol. The van der Waals surface area contributed by atoms with Crippen LogP contribution in [0.2, 0.25) is 0 Å². The molecule has 0 unspecified atom stereocenters. The Hall–Kier alpha value is -2.22. The van der Waals surface area contributed by atoms with Gasteiger partial charge in [-0.15, -0.1) is 0 Å². The van der Waals surface area contributed by atoms with Crippen LogP contribution in [0, 0.1) is 6.92 Å². The van der Waals surface area contributed by atoms with Gasteiger partial charge in [0.15, 0.2) is 0 Å². The molecule has 2 N–H and O–H groups in total. The summed E-state index contributed by atoms with van der Waals surface area (Å²) in [4.78, 5) is 3.26. The van der Waals surface area contributed by atoms with Gasteiger partial charge in [0.2, 0.25) is 0 Å². The molecule has 1 aromatic heterocycles. The molecular formula is C18H20N2. The number of fused-ring (bicyclic) bond motifs is 1. The maximum atomic E-state index is 3.62. The van der Waals surface area contributed by atoms with Crippen molar-refractivity contribution in [3.63, 3.8) is 0 Å². The molecule has 3 aromatic rings. The highest BCUT2D eigenvalue weighted by Crippen LogP contribution is 2.23. The largest absolute Gasteiger partial charge is 0.381 e. The molecule has 2 nitrogen and oxygen atoms in total. The lowest BCUT2D eigenvalue weighted by atomic mass is 10.0. The van der Waals surface area contributed by atoms with Crippen molar-refractivity contribution < 1.29 is 0 Å². The molecule has 0 spiro atoms. The van der Waals surface area contributed by atoms with Crippen molar-refractivity contribution >= 4 is 16.6 Å². The van der Waals surface area contributed by atoms with Crippen LogP contribution < -0.4 is 5.32 Å². The summed E-state index contributed by atoms with van der Waals surface area (Å²) in [6.45, 7) is 5.22. The van der Waals surface area contributed by atoms with E-state index >= 15 is 0 Å². The maximum absolute atomic E-state index is 3.62. The fourth-order valence-corrected chi connectivity index (χ4v) is 2.76. The van der Waals surface area contributed by atoms with Crippen LogP contribution in [0.3, 0.4) is 0 Å². The third-order valence-electron chi connectivity index (χ3n) is 3.88. The fourth-order valence-electron chi connectivity index (χ4n) is 2.76. The number of H-pyrrole nitrogens is 1. The summed E-state index contributed by atoms with van der Waals surface area (Å²) in [7, 11) is 0. The van der Waals surface area contributed by atoms with Gasteiger partial charge in [-0.1, -0.05) is 37.3 Å². The number of para-hydroxylation sites is 1. The van der Waals surface area contributed by atoms with Crippen molar-refractivity contribution in [3.8, 4) is 0 Å². The highest BCUT2D eigenvalue weighted by molar-refractivity contribution is 5.83. The Labute approximate surface area is 119 Å². The third kappa shape index (κ3) is 2.29. The zero-order valence-corrected chi connectivity index (χ0v) is 12.0. The van der Waals surface area contributed by atoms with Gasteiger partial charge in [-0.2, -0.15) is 0 Å². The van der Waals surface area contributed by atoms with Crippen molar-refractivity contribution in [2.24, 2.45) is 0 Å². The van der Waals surface area contributed by atoms with Gasteiger partial charge in [-0.05, 0) is 42.2 Å². The number of hydrogen-bond acceptors (Lipinski definition) is 1. The van der Waals surface area contributed by atoms with E-state index in [9.17, 15) is 0 Å². The smallest absolute Gasteiger partial charge is 0.0457 e. The van der Waals surface area contributed by atoms with Gasteiger partial charge in [0.1, 0.15) is 0 Å². The van der Waals surface area contributed by atoms with Crippen LogP contribution in [0.25, 0.3) is 10.9 Å². The summed E-state index contributed by atoms with van der Waals surface area (Å²) in [6.07, 6.45) is 3.05. The molecule has 3 rings (SSSR count). The van der Waals surface area contributed by atoms with Crippen LogP contribution >= 0.6 is 0 Å². The second kappa shape index (κ2) is 5.41. The van der Waals surface area contributed by atoms with Crippen LogP contribution in [0.5, 0.6) is 0 Å². The summed E-state index contributed by atoms with van der Waals surface area (Å²) in [5.41, 5.74) is 6.50. The van der Waals surface area contributed by atoms with Crippen LogP contribution in [0.1, 0.15) is 23.6 Å². The van der Waals surface area contributed by atoms with Crippen LogP contribution in [-0.2, 0) is 13.0 Å². The standard InChI is InChI=1S/C18H20N2/c1-3-14-7-4-6-13(2)18(14)20-12-15-8-5-9-17-16(15)10-11-19-17/h4-11,19-20H,3,12H2,1-2H3. The van der Waals surface area contributed by atoms with Gasteiger partial charge in [-0.25, -0.2) is 0 Å². The van der Waals surface area contributed by atoms with E-state index in [2.05, 4.69) is 66.6 Å². The minimum absolute atomic E-state index is 0.854. The van der Waals surface area contributed by atoms with Crippen LogP contribution in [0.15, 0.2) is 48.7 Å². The molecule has 0 bridgehead atoms. The first-order valence-corrected chi connectivity index (χ1v) is 7.17. The Balaban J connectivity index is 1.88. The molecule has 1 heterocycles. The zero-order valence-electron chi connectivity index (χ0n) is 12.0. The van der Waals surface area contributed by atoms with Gasteiger partial charge in [-0.3, -0.25) is 0 Å². The van der Waals surface area contributed by atoms with Gasteiger partial charge < -0.3 is 10.3 Å². The van der Waals surface area contributed by atoms with Crippen molar-refractivity contribution in [2.75, 3.05) is 5.32 Å². The molecular weight excluding hydrogens is 244 g/mol. The molecule has 20 heavy (non-hydrogen) atoms. The molecule has 0 radical (unpaired) electrons. The molecule has 0 fully saturated rings. The van der Waals surface area contributed by atoms with Gasteiger partial charge >= 0.3 is 0 Å². The first kappa shape index (κ1) is 12.8. The molecule has 102 valence electrons. The van der Waals surface area contributed by atoms with Crippen LogP contribution in [0.4, 0.5) is 5.69 Å². The summed E-state index contributed by atoms with van der Waals surface area (Å²) < 4.78 is 0. The van der Waals surface area contributed by atoms with Crippen molar-refractivity contribution in [1.82, 2.24) is 4.98 Å². The molecule has 0 amide bonds. The predicted octanol–water partition coefficient (Wildman–Crippen LogP) is 4.65. The van der Waals surface area contributed by atoms with E-state index in [1.54, 1.807) is 0 Å². The Morgan fingerprint density at radius 1 is 1.00 bits per heavy atom. The Kier molecular flexibility index (Phi) is 3.46. The van der Waals surface area contributed by atoms with Crippen molar-refractivity contribution in [3.05, 3.63) is 65.4 Å². The summed E-state index contributed by atoms with van der Waals surface area (Å²) in [5, 5.41) is 4.91. The topological polar surface area (TPSA) is 27.8 Å². The van der Waals surface area contributed by atoms with E-state index < -0.39 is 0 Å². The van der Waals surface area contributed by atoms with E-state index in [0.29, 0.717) is 0 Å². The zero-order chi connectivity index (χ0) is 13.9. The van der Waals surface area contributed by atoms with Gasteiger partial charge in [0, 0.05) is 29.3 Å². The lowest BCUT2D eigenvalue weighted by Crippen LogP contribution is -2.04. The average Bonchev–Trinajstić information content (AvgIpc) is 2.94. The first-order valence-electron chi connectivity index (χ1n) is 7.17. The Morgan fingerprint density at radius 3 is 2.65 bits per heavy atom. The fraction of sp³-hybridized carbons (Fsp3) is 0.222. The molecule has 0 saturated heterocycles. The highest BCUT2D eigenvalue weighted by Gasteiger charge is 2.05. The van der Waals surface area contributed by atoms with E-state index in [-0.39, 0.29) is 0 Å². The molecule has 0 aliphatic rings. The van der Waals surface area contributed by atoms with E-state index in [4.69, 9.17) is 0 Å². The summed E-state index contributed by atoms with van der Waals surface area (Å²) in [6, 6.07) is 15.0. The second-order valence-electron chi connectivity index (χ2n) is 5.17. The number of rotatable bonds is 4. The quantitative estimate of drug-likeness (QED) is 0.705. The maximum Gasteiger partial charge on any atom is 0.0457 e. The minimum Gasteiger partial charge on any atom is -0.381 e. The lowest BCUT2D eigenvalue weighted by molar-refractivity contribution is 1.09. The van der Waals surface area contributed by atoms with Crippen molar-refractivity contribution in [2.45, 2.75) is 26.8 Å². The number of aromatic nitrogens is 1. The summed E-state index contributed by atoms with van der Waals surface area (Å²) in [5.74, 6) is 0. The molecule has 2 aromatic carbocycles. The number of aryl methyl sites for hydroxylation is 2. The summed E-state index contributed by atoms with van der Waals surface area (Å²) >= 11 is 0. The number of benzene rings is 2. The SMILES string of the molecule is CCc1cccc(C)c1NCc1cccc2[nH]ccc12. The monoisotopic (exact) mass is 264 g/mol. The van der Waals surface area contributed by atoms with Gasteiger partial charge in [0.25, 0.3) is 0 Å². The molecule has 2 heteroatoms. The molecule has 0 atom stereocenters. The highest BCUT2D eigenvalue weighted by atomic mass is 14.9. The Morgan fingerprint density at radius 2 is 1.80 bits per heavy atom. The normalized spacial score (nSPS) is 10.9.